The molecule has 0 aliphatic rings. The molecule has 0 N–H and O–H groups in total. The molecule has 0 bridgehead atoms. The van der Waals surface area contributed by atoms with E-state index in [2.05, 4.69) is 4.36 Å². The van der Waals surface area contributed by atoms with Crippen LogP contribution in [-0.2, 0) is 11.1 Å². The summed E-state index contributed by atoms with van der Waals surface area (Å²) in [7, 11) is 0. The molecule has 0 fully saturated rings. The van der Waals surface area contributed by atoms with Gasteiger partial charge < -0.3 is 0 Å². The van der Waals surface area contributed by atoms with Crippen LogP contribution < -0.4 is 0 Å². The number of rotatable bonds is 2. The molecule has 0 saturated heterocycles. The van der Waals surface area contributed by atoms with Crippen molar-refractivity contribution in [1.29, 1.82) is 0 Å². The van der Waals surface area contributed by atoms with Crippen molar-refractivity contribution in [1.82, 2.24) is 0 Å². The molecule has 0 atom stereocenters. The Morgan fingerprint density at radius 3 is 1.47 bits per heavy atom. The zero-order valence-electron chi connectivity index (χ0n) is 11.3. The van der Waals surface area contributed by atoms with Gasteiger partial charge in [0.25, 0.3) is 0 Å². The van der Waals surface area contributed by atoms with E-state index in [4.69, 9.17) is 0 Å². The lowest BCUT2D eigenvalue weighted by atomic mass is 9.82. The average Bonchev–Trinajstić information content (AvgIpc) is 1.91. The monoisotopic (exact) mass is 309 g/mol. The van der Waals surface area contributed by atoms with E-state index in [-0.39, 0.29) is 5.41 Å². The minimum atomic E-state index is -5.44. The van der Waals surface area contributed by atoms with E-state index >= 15 is 0 Å². The summed E-state index contributed by atoms with van der Waals surface area (Å²) < 4.78 is 77.3. The van der Waals surface area contributed by atoms with Crippen LogP contribution in [0.15, 0.2) is 4.36 Å². The summed E-state index contributed by atoms with van der Waals surface area (Å²) in [4.78, 5) is -2.54. The summed E-state index contributed by atoms with van der Waals surface area (Å²) in [5.41, 5.74) is -1.23. The highest BCUT2D eigenvalue weighted by molar-refractivity contribution is 7.69. The highest BCUT2D eigenvalue weighted by atomic mass is 32.1. The van der Waals surface area contributed by atoms with Gasteiger partial charge in [0, 0.05) is 0 Å². The zero-order valence-corrected chi connectivity index (χ0v) is 12.1. The van der Waals surface area contributed by atoms with Gasteiger partial charge in [-0.2, -0.15) is 26.3 Å². The van der Waals surface area contributed by atoms with Crippen LogP contribution in [0, 0.1) is 5.41 Å². The summed E-state index contributed by atoms with van der Waals surface area (Å²) in [6.07, 6.45) is -10.5. The van der Waals surface area contributed by atoms with Gasteiger partial charge in [0.05, 0.1) is 5.54 Å². The minimum Gasteiger partial charge on any atom is -0.224 e. The van der Waals surface area contributed by atoms with Crippen LogP contribution in [0.25, 0.3) is 0 Å². The summed E-state index contributed by atoms with van der Waals surface area (Å²) in [5, 5.41) is 0. The molecular formula is C11H17F6NS. The first-order chi connectivity index (χ1) is 8.05. The predicted octanol–water partition coefficient (Wildman–Crippen LogP) is 4.76. The number of nitrogens with zero attached hydrogens (tertiary/aromatic N) is 1. The summed E-state index contributed by atoms with van der Waals surface area (Å²) in [6.45, 7) is 8.54. The zero-order chi connectivity index (χ0) is 15.7. The smallest absolute Gasteiger partial charge is 0.224 e. The topological polar surface area (TPSA) is 12.4 Å². The van der Waals surface area contributed by atoms with Gasteiger partial charge in [0.2, 0.25) is 4.86 Å². The molecule has 0 unspecified atom stereocenters. The maximum atomic E-state index is 12.3. The standard InChI is InChI=1S/C11H17F6NS/c1-8(2,3)6-9(4,5)18-19-7(10(12,13)14)11(15,16)17/h6H2,1-5H3. The van der Waals surface area contributed by atoms with Crippen molar-refractivity contribution in [3.63, 3.8) is 0 Å². The Bertz CT molecular complexity index is 363. The third kappa shape index (κ3) is 7.59. The van der Waals surface area contributed by atoms with Crippen molar-refractivity contribution in [2.24, 2.45) is 9.78 Å². The van der Waals surface area contributed by atoms with Crippen LogP contribution >= 0.6 is 0 Å². The molecule has 0 aromatic heterocycles. The van der Waals surface area contributed by atoms with Crippen molar-refractivity contribution in [2.45, 2.75) is 58.9 Å². The van der Waals surface area contributed by atoms with Gasteiger partial charge in [-0.3, -0.25) is 0 Å². The van der Waals surface area contributed by atoms with Crippen LogP contribution in [0.3, 0.4) is 0 Å². The van der Waals surface area contributed by atoms with Crippen LogP contribution in [0.1, 0.15) is 41.0 Å². The van der Waals surface area contributed by atoms with Crippen LogP contribution in [0.2, 0.25) is 0 Å². The van der Waals surface area contributed by atoms with Crippen molar-refractivity contribution < 1.29 is 26.3 Å². The number of alkyl halides is 6. The van der Waals surface area contributed by atoms with Gasteiger partial charge in [0.1, 0.15) is 0 Å². The fourth-order valence-electron chi connectivity index (χ4n) is 1.76. The number of halogens is 6. The maximum Gasteiger partial charge on any atom is 0.432 e. The highest BCUT2D eigenvalue weighted by Gasteiger charge is 2.52. The van der Waals surface area contributed by atoms with Crippen LogP contribution in [0.4, 0.5) is 26.3 Å². The van der Waals surface area contributed by atoms with E-state index in [0.717, 1.165) is 0 Å². The normalized spacial score (nSPS) is 14.3. The third-order valence-electron chi connectivity index (χ3n) is 1.86. The third-order valence-corrected chi connectivity index (χ3v) is 3.09. The Labute approximate surface area is 112 Å². The average molecular weight is 309 g/mol. The lowest BCUT2D eigenvalue weighted by molar-refractivity contribution is -0.113. The molecule has 0 rings (SSSR count). The first-order valence-electron chi connectivity index (χ1n) is 5.45. The van der Waals surface area contributed by atoms with Crippen molar-refractivity contribution in [3.8, 4) is 0 Å². The summed E-state index contributed by atoms with van der Waals surface area (Å²) >= 11 is -0.525. The number of hydrogen-bond acceptors (Lipinski definition) is 1. The van der Waals surface area contributed by atoms with Crippen LogP contribution in [0.5, 0.6) is 0 Å². The number of hydrogen-bond donors (Lipinski definition) is 0. The molecule has 0 aromatic rings. The van der Waals surface area contributed by atoms with E-state index in [0.29, 0.717) is 6.42 Å². The van der Waals surface area contributed by atoms with Crippen LogP contribution in [-0.4, -0.2) is 22.8 Å². The van der Waals surface area contributed by atoms with E-state index in [9.17, 15) is 26.3 Å². The molecule has 0 amide bonds. The molecule has 0 radical (unpaired) electrons. The molecule has 0 aromatic carbocycles. The van der Waals surface area contributed by atoms with E-state index < -0.39 is 33.9 Å². The fraction of sp³-hybridized carbons (Fsp3) is 0.909. The van der Waals surface area contributed by atoms with Gasteiger partial charge >= 0.3 is 12.4 Å². The maximum absolute atomic E-state index is 12.3. The molecule has 0 saturated carbocycles. The van der Waals surface area contributed by atoms with E-state index in [1.54, 1.807) is 0 Å². The van der Waals surface area contributed by atoms with E-state index in [1.165, 1.54) is 13.8 Å². The van der Waals surface area contributed by atoms with Gasteiger partial charge in [-0.1, -0.05) is 20.8 Å². The molecule has 1 nitrogen and oxygen atoms in total. The second-order valence-corrected chi connectivity index (χ2v) is 6.83. The second kappa shape index (κ2) is 5.46. The highest BCUT2D eigenvalue weighted by Crippen LogP contribution is 2.31. The molecule has 0 heterocycles. The molecule has 114 valence electrons. The first kappa shape index (κ1) is 18.5. The molecule has 0 spiro atoms. The Morgan fingerprint density at radius 2 is 1.21 bits per heavy atom. The molecule has 19 heavy (non-hydrogen) atoms. The molecular weight excluding hydrogens is 292 g/mol. The molecule has 8 heteroatoms. The van der Waals surface area contributed by atoms with Crippen molar-refractivity contribution >= 4 is 16.0 Å². The van der Waals surface area contributed by atoms with Gasteiger partial charge in [0.15, 0.2) is 0 Å². The summed E-state index contributed by atoms with van der Waals surface area (Å²) in [6, 6.07) is 0. The largest absolute Gasteiger partial charge is 0.432 e. The SMILES string of the molecule is CC(C)(C)CC(C)(C)N=S=C(C(F)(F)F)C(F)(F)F. The molecule has 0 aliphatic heterocycles. The lowest BCUT2D eigenvalue weighted by Crippen LogP contribution is -2.37. The predicted molar refractivity (Wildman–Crippen MR) is 65.1 cm³/mol. The Hall–Kier alpha value is -0.530. The Morgan fingerprint density at radius 1 is 0.842 bits per heavy atom. The fourth-order valence-corrected chi connectivity index (χ4v) is 2.37. The second-order valence-electron chi connectivity index (χ2n) is 6.06. The van der Waals surface area contributed by atoms with Crippen molar-refractivity contribution in [2.75, 3.05) is 0 Å². The lowest BCUT2D eigenvalue weighted by Gasteiger charge is -2.28. The minimum absolute atomic E-state index is 0.246. The summed E-state index contributed by atoms with van der Waals surface area (Å²) in [5.74, 6) is 0. The van der Waals surface area contributed by atoms with E-state index in [1.807, 2.05) is 20.8 Å². The Balaban J connectivity index is 5.54. The quantitative estimate of drug-likeness (QED) is 0.515. The first-order valence-corrected chi connectivity index (χ1v) is 6.22. The Kier molecular flexibility index (Phi) is 5.30. The van der Waals surface area contributed by atoms with Gasteiger partial charge in [-0.15, -0.1) is 0 Å². The van der Waals surface area contributed by atoms with Gasteiger partial charge in [-0.05, 0) is 36.8 Å². The van der Waals surface area contributed by atoms with Gasteiger partial charge in [-0.25, -0.2) is 4.36 Å². The molecule has 0 aliphatic carbocycles. The van der Waals surface area contributed by atoms with Crippen molar-refractivity contribution in [3.05, 3.63) is 0 Å².